The minimum absolute atomic E-state index is 0.0585. The van der Waals surface area contributed by atoms with Gasteiger partial charge in [0.15, 0.2) is 0 Å². The number of carbonyl (C=O) groups is 3. The fourth-order valence-electron chi connectivity index (χ4n) is 6.23. The van der Waals surface area contributed by atoms with Crippen LogP contribution < -0.4 is 4.90 Å². The van der Waals surface area contributed by atoms with E-state index in [1.807, 2.05) is 55.5 Å². The molecule has 1 heterocycles. The number of amides is 3. The van der Waals surface area contributed by atoms with Crippen LogP contribution in [0.1, 0.15) is 46.6 Å². The Hall–Kier alpha value is -3.73. The number of rotatable bonds is 3. The van der Waals surface area contributed by atoms with E-state index in [4.69, 9.17) is 0 Å². The lowest BCUT2D eigenvalue weighted by Gasteiger charge is -2.45. The summed E-state index contributed by atoms with van der Waals surface area (Å²) in [4.78, 5) is 43.0. The molecule has 3 aliphatic carbocycles. The largest absolute Gasteiger partial charge is 0.294 e. The standard InChI is InChI=1S/C28H24N2O3/c1-16-9-3-8-14-22(16)29(17(2)31)15-30-27(32)25-23-18-10-4-5-11-19(18)24(26(25)28(30)33)21-13-7-6-12-20(21)23/h3-14,23-26H,15H2,1-2H3. The Labute approximate surface area is 192 Å². The predicted molar refractivity (Wildman–Crippen MR) is 125 cm³/mol. The van der Waals surface area contributed by atoms with Crippen molar-refractivity contribution < 1.29 is 14.4 Å². The first-order chi connectivity index (χ1) is 16.0. The second-order valence-electron chi connectivity index (χ2n) is 9.24. The molecule has 164 valence electrons. The fourth-order valence-corrected chi connectivity index (χ4v) is 6.23. The van der Waals surface area contributed by atoms with Crippen LogP contribution in [0.5, 0.6) is 0 Å². The van der Waals surface area contributed by atoms with E-state index in [1.54, 1.807) is 0 Å². The van der Waals surface area contributed by atoms with Gasteiger partial charge in [0.1, 0.15) is 6.67 Å². The van der Waals surface area contributed by atoms with E-state index in [1.165, 1.54) is 16.7 Å². The maximum Gasteiger partial charge on any atom is 0.235 e. The zero-order chi connectivity index (χ0) is 22.9. The van der Waals surface area contributed by atoms with Gasteiger partial charge in [0.2, 0.25) is 17.7 Å². The molecule has 2 atom stereocenters. The van der Waals surface area contributed by atoms with Gasteiger partial charge in [-0.25, -0.2) is 0 Å². The van der Waals surface area contributed by atoms with E-state index in [0.717, 1.165) is 33.5 Å². The molecule has 2 bridgehead atoms. The average Bonchev–Trinajstić information content (AvgIpc) is 3.08. The maximum atomic E-state index is 13.8. The molecule has 1 aliphatic heterocycles. The molecule has 1 fully saturated rings. The molecule has 5 heteroatoms. The number of hydrogen-bond acceptors (Lipinski definition) is 3. The number of anilines is 1. The summed E-state index contributed by atoms with van der Waals surface area (Å²) in [5.41, 5.74) is 6.22. The number of benzene rings is 3. The highest BCUT2D eigenvalue weighted by Crippen LogP contribution is 2.60. The highest BCUT2D eigenvalue weighted by Gasteiger charge is 2.61. The second-order valence-corrected chi connectivity index (χ2v) is 9.24. The number of likely N-dealkylation sites (tertiary alicyclic amines) is 1. The molecule has 7 rings (SSSR count). The molecule has 3 aromatic carbocycles. The molecule has 33 heavy (non-hydrogen) atoms. The van der Waals surface area contributed by atoms with Gasteiger partial charge in [0.25, 0.3) is 0 Å². The molecule has 3 aromatic rings. The number of carbonyl (C=O) groups excluding carboxylic acids is 3. The molecule has 5 nitrogen and oxygen atoms in total. The van der Waals surface area contributed by atoms with E-state index >= 15 is 0 Å². The van der Waals surface area contributed by atoms with E-state index in [-0.39, 0.29) is 36.2 Å². The summed E-state index contributed by atoms with van der Waals surface area (Å²) in [5.74, 6) is -1.70. The quantitative estimate of drug-likeness (QED) is 0.579. The smallest absolute Gasteiger partial charge is 0.235 e. The van der Waals surface area contributed by atoms with Crippen molar-refractivity contribution in [3.8, 4) is 0 Å². The lowest BCUT2D eigenvalue weighted by Crippen LogP contribution is -2.44. The van der Waals surface area contributed by atoms with Crippen molar-refractivity contribution in [1.29, 1.82) is 0 Å². The van der Waals surface area contributed by atoms with Gasteiger partial charge >= 0.3 is 0 Å². The Kier molecular flexibility index (Phi) is 4.31. The third kappa shape index (κ3) is 2.68. The summed E-state index contributed by atoms with van der Waals surface area (Å²) in [6.07, 6.45) is 0. The summed E-state index contributed by atoms with van der Waals surface area (Å²) in [5, 5.41) is 0. The first kappa shape index (κ1) is 19.9. The van der Waals surface area contributed by atoms with Crippen molar-refractivity contribution in [2.45, 2.75) is 25.7 Å². The number of nitrogens with zero attached hydrogens (tertiary/aromatic N) is 2. The molecule has 1 saturated heterocycles. The maximum absolute atomic E-state index is 13.8. The third-order valence-electron chi connectivity index (χ3n) is 7.61. The summed E-state index contributed by atoms with van der Waals surface area (Å²) in [6.45, 7) is 3.34. The SMILES string of the molecule is CC(=O)N(CN1C(=O)C2C3c4ccccc4C(c4ccccc43)C2C1=O)c1ccccc1C. The predicted octanol–water partition coefficient (Wildman–Crippen LogP) is 4.20. The van der Waals surface area contributed by atoms with Crippen LogP contribution in [0, 0.1) is 18.8 Å². The number of hydrogen-bond donors (Lipinski definition) is 0. The van der Waals surface area contributed by atoms with Crippen molar-refractivity contribution in [3.05, 3.63) is 101 Å². The lowest BCUT2D eigenvalue weighted by atomic mass is 9.55. The second kappa shape index (κ2) is 7.14. The normalized spacial score (nSPS) is 24.4. The van der Waals surface area contributed by atoms with Crippen LogP contribution in [-0.4, -0.2) is 29.3 Å². The number of imide groups is 1. The van der Waals surface area contributed by atoms with Crippen molar-refractivity contribution >= 4 is 23.4 Å². The first-order valence-electron chi connectivity index (χ1n) is 11.4. The van der Waals surface area contributed by atoms with Gasteiger partial charge in [-0.1, -0.05) is 66.7 Å². The molecule has 3 amide bonds. The molecule has 2 unspecified atom stereocenters. The lowest BCUT2D eigenvalue weighted by molar-refractivity contribution is -0.140. The van der Waals surface area contributed by atoms with Crippen molar-refractivity contribution in [3.63, 3.8) is 0 Å². The van der Waals surface area contributed by atoms with Gasteiger partial charge in [-0.2, -0.15) is 0 Å². The van der Waals surface area contributed by atoms with E-state index in [2.05, 4.69) is 24.3 Å². The van der Waals surface area contributed by atoms with Crippen LogP contribution >= 0.6 is 0 Å². The van der Waals surface area contributed by atoms with Crippen LogP contribution in [0.2, 0.25) is 0 Å². The summed E-state index contributed by atoms with van der Waals surface area (Å²) in [7, 11) is 0. The van der Waals surface area contributed by atoms with Crippen LogP contribution in [0.3, 0.4) is 0 Å². The molecule has 0 spiro atoms. The molecular weight excluding hydrogens is 412 g/mol. The van der Waals surface area contributed by atoms with E-state index < -0.39 is 11.8 Å². The van der Waals surface area contributed by atoms with Crippen molar-refractivity contribution in [2.24, 2.45) is 11.8 Å². The minimum Gasteiger partial charge on any atom is -0.294 e. The minimum atomic E-state index is -0.432. The van der Waals surface area contributed by atoms with Crippen LogP contribution in [0.15, 0.2) is 72.8 Å². The molecule has 0 radical (unpaired) electrons. The number of aryl methyl sites for hydroxylation is 1. The van der Waals surface area contributed by atoms with E-state index in [0.29, 0.717) is 0 Å². The Morgan fingerprint density at radius 2 is 1.18 bits per heavy atom. The molecule has 0 aromatic heterocycles. The van der Waals surface area contributed by atoms with Crippen LogP contribution in [0.4, 0.5) is 5.69 Å². The van der Waals surface area contributed by atoms with Gasteiger partial charge in [-0.05, 0) is 40.8 Å². The Morgan fingerprint density at radius 3 is 1.61 bits per heavy atom. The summed E-state index contributed by atoms with van der Waals surface area (Å²) in [6, 6.07) is 23.9. The Morgan fingerprint density at radius 1 is 0.758 bits per heavy atom. The highest BCUT2D eigenvalue weighted by molar-refractivity contribution is 6.08. The molecular formula is C28H24N2O3. The zero-order valence-electron chi connectivity index (χ0n) is 18.6. The Bertz CT molecular complexity index is 1210. The number of para-hydroxylation sites is 1. The summed E-state index contributed by atoms with van der Waals surface area (Å²) >= 11 is 0. The highest BCUT2D eigenvalue weighted by atomic mass is 16.2. The first-order valence-corrected chi connectivity index (χ1v) is 11.4. The van der Waals surface area contributed by atoms with Gasteiger partial charge in [0, 0.05) is 24.4 Å². The van der Waals surface area contributed by atoms with Crippen LogP contribution in [-0.2, 0) is 14.4 Å². The Balaban J connectivity index is 1.44. The van der Waals surface area contributed by atoms with E-state index in [9.17, 15) is 14.4 Å². The van der Waals surface area contributed by atoms with Gasteiger partial charge < -0.3 is 0 Å². The molecule has 0 N–H and O–H groups in total. The monoisotopic (exact) mass is 436 g/mol. The molecule has 0 saturated carbocycles. The molecule has 4 aliphatic rings. The summed E-state index contributed by atoms with van der Waals surface area (Å²) < 4.78 is 0. The van der Waals surface area contributed by atoms with Gasteiger partial charge in [-0.15, -0.1) is 0 Å². The topological polar surface area (TPSA) is 57.7 Å². The average molecular weight is 437 g/mol. The van der Waals surface area contributed by atoms with Crippen molar-refractivity contribution in [2.75, 3.05) is 11.6 Å². The van der Waals surface area contributed by atoms with Gasteiger partial charge in [0.05, 0.1) is 11.8 Å². The third-order valence-corrected chi connectivity index (χ3v) is 7.61. The zero-order valence-corrected chi connectivity index (χ0v) is 18.6. The van der Waals surface area contributed by atoms with Gasteiger partial charge in [-0.3, -0.25) is 24.2 Å². The van der Waals surface area contributed by atoms with Crippen LogP contribution in [0.25, 0.3) is 0 Å². The van der Waals surface area contributed by atoms with Crippen molar-refractivity contribution in [1.82, 2.24) is 4.90 Å². The fraction of sp³-hybridized carbons (Fsp3) is 0.250.